The number of hydrogen-bond acceptors (Lipinski definition) is 9. The Kier molecular flexibility index (Phi) is 5.26. The lowest BCUT2D eigenvalue weighted by molar-refractivity contribution is -0.118. The van der Waals surface area contributed by atoms with Gasteiger partial charge in [0.15, 0.2) is 14.9 Å². The third-order valence-electron chi connectivity index (χ3n) is 6.60. The molecule has 1 aromatic carbocycles. The van der Waals surface area contributed by atoms with Crippen LogP contribution in [0.4, 0.5) is 0 Å². The van der Waals surface area contributed by atoms with E-state index in [1.54, 1.807) is 20.2 Å². The number of nitrogens with two attached hydrogens (primary N) is 1. The van der Waals surface area contributed by atoms with E-state index in [4.69, 9.17) is 5.73 Å². The Morgan fingerprint density at radius 2 is 1.85 bits per heavy atom. The van der Waals surface area contributed by atoms with Gasteiger partial charge in [0.05, 0.1) is 11.7 Å². The number of aromatic hydroxyl groups is 1. The number of carbonyl (C=O) groups is 3. The molecule has 0 spiro atoms. The Morgan fingerprint density at radius 3 is 2.42 bits per heavy atom. The molecule has 0 aromatic heterocycles. The zero-order chi connectivity index (χ0) is 24.6. The second-order valence-corrected chi connectivity index (χ2v) is 13.0. The Balaban J connectivity index is 2.08. The van der Waals surface area contributed by atoms with E-state index in [1.165, 1.54) is 17.0 Å². The molecule has 10 nitrogen and oxygen atoms in total. The highest BCUT2D eigenvalue weighted by atomic mass is 28.4. The zero-order valence-electron chi connectivity index (χ0n) is 17.7. The van der Waals surface area contributed by atoms with E-state index in [2.05, 4.69) is 6.58 Å². The van der Waals surface area contributed by atoms with Crippen LogP contribution >= 0.6 is 0 Å². The fourth-order valence-corrected chi connectivity index (χ4v) is 11.0. The number of hydrogen-bond donors (Lipinski definition) is 6. The molecule has 172 valence electrons. The van der Waals surface area contributed by atoms with Crippen molar-refractivity contribution in [1.82, 2.24) is 4.90 Å². The molecule has 0 unspecified atom stereocenters. The molecule has 0 saturated carbocycles. The van der Waals surface area contributed by atoms with Crippen molar-refractivity contribution in [1.29, 1.82) is 0 Å². The number of rotatable bonds is 2. The Morgan fingerprint density at radius 1 is 1.21 bits per heavy atom. The molecule has 1 amide bonds. The van der Waals surface area contributed by atoms with Crippen molar-refractivity contribution in [3.8, 4) is 5.75 Å². The van der Waals surface area contributed by atoms with E-state index in [-0.39, 0.29) is 16.9 Å². The van der Waals surface area contributed by atoms with Crippen LogP contribution in [-0.4, -0.2) is 90.5 Å². The van der Waals surface area contributed by atoms with Crippen molar-refractivity contribution in [2.24, 2.45) is 11.7 Å². The minimum atomic E-state index is -4.94. The molecule has 1 aromatic rings. The molecule has 0 bridgehead atoms. The summed E-state index contributed by atoms with van der Waals surface area (Å²) in [6.45, 7) is 3.97. The van der Waals surface area contributed by atoms with Gasteiger partial charge < -0.3 is 40.6 Å². The third-order valence-corrected chi connectivity index (χ3v) is 12.2. The quantitative estimate of drug-likeness (QED) is 0.227. The van der Waals surface area contributed by atoms with Crippen LogP contribution in [0.3, 0.4) is 0 Å². The molecule has 2 heterocycles. The maximum Gasteiger partial charge on any atom is 0.344 e. The number of nitrogens with zero attached hydrogens (tertiary/aromatic N) is 1. The largest absolute Gasteiger partial charge is 0.513 e. The van der Waals surface area contributed by atoms with Gasteiger partial charge >= 0.3 is 8.32 Å². The highest BCUT2D eigenvalue weighted by Gasteiger charge is 2.68. The van der Waals surface area contributed by atoms with E-state index in [0.29, 0.717) is 5.56 Å². The molecule has 2 radical (unpaired) electrons. The second kappa shape index (κ2) is 7.50. The van der Waals surface area contributed by atoms with Crippen LogP contribution in [0.5, 0.6) is 5.75 Å². The molecule has 3 aliphatic rings. The van der Waals surface area contributed by atoms with Crippen molar-refractivity contribution in [3.05, 3.63) is 52.4 Å². The SMILES string of the molecule is C=C1c2cccc(O)c2C(O)=C2C(=O)[Si@]3(O)C(O)=C(C(N)=O)C(=O)[Si][C@@H](N(C)C)[C@@H]3[C@@H](O)[C@H]12. The predicted octanol–water partition coefficient (Wildman–Crippen LogP) is -0.936. The monoisotopic (exact) mass is 486 g/mol. The minimum absolute atomic E-state index is 0.0975. The number of aliphatic hydroxyl groups is 3. The molecule has 1 saturated heterocycles. The summed E-state index contributed by atoms with van der Waals surface area (Å²) < 4.78 is 0. The fourth-order valence-electron chi connectivity index (χ4n) is 5.07. The van der Waals surface area contributed by atoms with E-state index >= 15 is 0 Å². The smallest absolute Gasteiger partial charge is 0.344 e. The minimum Gasteiger partial charge on any atom is -0.513 e. The van der Waals surface area contributed by atoms with Gasteiger partial charge in [-0.25, -0.2) is 0 Å². The lowest BCUT2D eigenvalue weighted by Gasteiger charge is -2.49. The van der Waals surface area contributed by atoms with E-state index in [1.807, 2.05) is 0 Å². The van der Waals surface area contributed by atoms with Gasteiger partial charge in [-0.1, -0.05) is 18.7 Å². The van der Waals surface area contributed by atoms with E-state index in [9.17, 15) is 39.6 Å². The first-order valence-electron chi connectivity index (χ1n) is 9.96. The molecule has 33 heavy (non-hydrogen) atoms. The number of benzene rings is 1. The normalized spacial score (nSPS) is 31.8. The van der Waals surface area contributed by atoms with Gasteiger partial charge in [0.25, 0.3) is 5.91 Å². The summed E-state index contributed by atoms with van der Waals surface area (Å²) in [4.78, 5) is 52.0. The highest BCUT2D eigenvalue weighted by Crippen LogP contribution is 2.55. The second-order valence-electron chi connectivity index (χ2n) is 8.55. The summed E-state index contributed by atoms with van der Waals surface area (Å²) in [5, 5.41) is 40.7. The first-order valence-corrected chi connectivity index (χ1v) is 13.1. The standard InChI is InChI=1S/C21H22N2O8Si2/c1-7-8-5-4-6-9(24)11(8)14(25)12-10(7)15(26)16-18(23(2)3)32-19(28)13(17(22)27)21(30)33(16,31)20(12)29/h4-6,10,15-16,18,24-26,30-31H,1H2,2-3H3,(H2,22,27)/t10-,15+,16+,18-,33+/m1/s1. The fraction of sp³-hybridized carbons (Fsp3) is 0.286. The molecule has 1 fully saturated rings. The van der Waals surface area contributed by atoms with Gasteiger partial charge in [-0.15, -0.1) is 0 Å². The molecule has 2 aliphatic heterocycles. The van der Waals surface area contributed by atoms with Crippen molar-refractivity contribution in [2.75, 3.05) is 14.1 Å². The summed E-state index contributed by atoms with van der Waals surface area (Å²) in [6.07, 6.45) is -1.55. The van der Waals surface area contributed by atoms with Crippen LogP contribution in [0.15, 0.2) is 41.3 Å². The summed E-state index contributed by atoms with van der Waals surface area (Å²) in [7, 11) is -2.48. The van der Waals surface area contributed by atoms with E-state index < -0.39 is 80.1 Å². The Bertz CT molecular complexity index is 1210. The number of fused-ring (bicyclic) bond motifs is 3. The number of carbonyl (C=O) groups excluding carboxylic acids is 3. The van der Waals surface area contributed by atoms with Crippen LogP contribution in [-0.2, 0) is 14.4 Å². The van der Waals surface area contributed by atoms with Crippen LogP contribution in [0.25, 0.3) is 11.3 Å². The van der Waals surface area contributed by atoms with Crippen LogP contribution < -0.4 is 5.73 Å². The van der Waals surface area contributed by atoms with Crippen molar-refractivity contribution < 1.29 is 39.6 Å². The van der Waals surface area contributed by atoms with Crippen LogP contribution in [0.1, 0.15) is 11.1 Å². The first kappa shape index (κ1) is 23.1. The van der Waals surface area contributed by atoms with Crippen LogP contribution in [0, 0.1) is 5.92 Å². The molecular weight excluding hydrogens is 464 g/mol. The van der Waals surface area contributed by atoms with Gasteiger partial charge in [-0.2, -0.15) is 0 Å². The Hall–Kier alpha value is -3.04. The lowest BCUT2D eigenvalue weighted by atomic mass is 9.74. The van der Waals surface area contributed by atoms with Gasteiger partial charge in [0, 0.05) is 22.7 Å². The summed E-state index contributed by atoms with van der Waals surface area (Å²) in [6, 6.07) is 4.37. The van der Waals surface area contributed by atoms with Gasteiger partial charge in [-0.3, -0.25) is 9.59 Å². The number of amides is 1. The third kappa shape index (κ3) is 2.92. The van der Waals surface area contributed by atoms with Crippen molar-refractivity contribution >= 4 is 45.9 Å². The van der Waals surface area contributed by atoms with Crippen molar-refractivity contribution in [3.63, 3.8) is 0 Å². The topological polar surface area (TPSA) is 182 Å². The first-order chi connectivity index (χ1) is 15.3. The number of aliphatic hydroxyl groups excluding tert-OH is 3. The highest BCUT2D eigenvalue weighted by molar-refractivity contribution is 7.10. The summed E-state index contributed by atoms with van der Waals surface area (Å²) >= 11 is 0. The van der Waals surface area contributed by atoms with Crippen LogP contribution in [0.2, 0.25) is 5.54 Å². The van der Waals surface area contributed by atoms with E-state index in [0.717, 1.165) is 0 Å². The predicted molar refractivity (Wildman–Crippen MR) is 120 cm³/mol. The maximum atomic E-state index is 13.8. The molecule has 1 aliphatic carbocycles. The number of primary amides is 1. The summed E-state index contributed by atoms with van der Waals surface area (Å²) in [5.41, 5.74) is 2.20. The molecule has 12 heteroatoms. The number of phenols is 1. The van der Waals surface area contributed by atoms with Gasteiger partial charge in [0.2, 0.25) is 0 Å². The molecule has 4 rings (SSSR count). The number of phenolic OH excluding ortho intramolecular Hbond substituents is 1. The molecule has 7 N–H and O–H groups in total. The average Bonchev–Trinajstić information content (AvgIpc) is 2.82. The maximum absolute atomic E-state index is 13.8. The summed E-state index contributed by atoms with van der Waals surface area (Å²) in [5.74, 6) is -3.49. The van der Waals surface area contributed by atoms with Gasteiger partial charge in [0.1, 0.15) is 27.9 Å². The van der Waals surface area contributed by atoms with Crippen molar-refractivity contribution in [2.45, 2.75) is 17.3 Å². The molecule has 5 atom stereocenters. The lowest BCUT2D eigenvalue weighted by Crippen LogP contribution is -2.66. The average molecular weight is 487 g/mol. The molecular formula is C21H22N2O8Si2. The Labute approximate surface area is 191 Å². The zero-order valence-corrected chi connectivity index (χ0v) is 19.7. The van der Waals surface area contributed by atoms with Gasteiger partial charge in [-0.05, 0) is 31.3 Å².